The Labute approximate surface area is 114 Å². The van der Waals surface area contributed by atoms with Crippen molar-refractivity contribution in [2.24, 2.45) is 11.8 Å². The first-order valence-corrected chi connectivity index (χ1v) is 7.11. The molecule has 3 unspecified atom stereocenters. The predicted octanol–water partition coefficient (Wildman–Crippen LogP) is 4.39. The maximum Gasteiger partial charge on any atom is 0.141 e. The van der Waals surface area contributed by atoms with Crippen LogP contribution in [0.4, 0.5) is 4.39 Å². The minimum Gasteiger partial charge on any atom is -0.310 e. The standard InChI is InChI=1S/C15H21ClFN/c1-10-3-6-15(11(2)7-10)18-9-12-4-5-14(17)13(16)8-12/h4-5,8,10-11,15,18H,3,6-7,9H2,1-2H3. The second kappa shape index (κ2) is 6.03. The topological polar surface area (TPSA) is 12.0 Å². The maximum atomic E-state index is 13.0. The molecule has 1 aromatic carbocycles. The molecule has 1 saturated carbocycles. The quantitative estimate of drug-likeness (QED) is 0.858. The van der Waals surface area contributed by atoms with E-state index in [-0.39, 0.29) is 10.8 Å². The van der Waals surface area contributed by atoms with E-state index in [4.69, 9.17) is 11.6 Å². The summed E-state index contributed by atoms with van der Waals surface area (Å²) in [7, 11) is 0. The van der Waals surface area contributed by atoms with Crippen LogP contribution in [-0.2, 0) is 6.54 Å². The summed E-state index contributed by atoms with van der Waals surface area (Å²) in [5, 5.41) is 3.78. The van der Waals surface area contributed by atoms with E-state index >= 15 is 0 Å². The van der Waals surface area contributed by atoms with E-state index in [2.05, 4.69) is 19.2 Å². The first kappa shape index (κ1) is 13.8. The van der Waals surface area contributed by atoms with Gasteiger partial charge in [0.05, 0.1) is 5.02 Å². The summed E-state index contributed by atoms with van der Waals surface area (Å²) in [6.45, 7) is 5.40. The SMILES string of the molecule is CC1CCC(NCc2ccc(F)c(Cl)c2)C(C)C1. The van der Waals surface area contributed by atoms with E-state index in [1.807, 2.05) is 0 Å². The van der Waals surface area contributed by atoms with Gasteiger partial charge >= 0.3 is 0 Å². The number of hydrogen-bond acceptors (Lipinski definition) is 1. The molecule has 18 heavy (non-hydrogen) atoms. The molecule has 0 heterocycles. The van der Waals surface area contributed by atoms with Gasteiger partial charge in [-0.15, -0.1) is 0 Å². The minimum atomic E-state index is -0.347. The van der Waals surface area contributed by atoms with Crippen LogP contribution in [0.15, 0.2) is 18.2 Å². The fraction of sp³-hybridized carbons (Fsp3) is 0.600. The van der Waals surface area contributed by atoms with Crippen LogP contribution in [0.3, 0.4) is 0 Å². The molecule has 0 aromatic heterocycles. The lowest BCUT2D eigenvalue weighted by molar-refractivity contribution is 0.227. The van der Waals surface area contributed by atoms with Crippen molar-refractivity contribution in [1.29, 1.82) is 0 Å². The molecule has 1 N–H and O–H groups in total. The Balaban J connectivity index is 1.89. The Morgan fingerprint density at radius 3 is 2.78 bits per heavy atom. The maximum absolute atomic E-state index is 13.0. The first-order valence-electron chi connectivity index (χ1n) is 6.73. The van der Waals surface area contributed by atoms with E-state index in [1.165, 1.54) is 25.3 Å². The second-order valence-corrected chi connectivity index (χ2v) is 6.04. The van der Waals surface area contributed by atoms with Crippen molar-refractivity contribution in [2.45, 2.75) is 45.7 Å². The van der Waals surface area contributed by atoms with E-state index in [1.54, 1.807) is 12.1 Å². The summed E-state index contributed by atoms with van der Waals surface area (Å²) in [6, 6.07) is 5.51. The summed E-state index contributed by atoms with van der Waals surface area (Å²) in [6.07, 6.45) is 3.82. The molecule has 0 aliphatic heterocycles. The molecule has 0 saturated heterocycles. The smallest absolute Gasteiger partial charge is 0.141 e. The van der Waals surface area contributed by atoms with Crippen molar-refractivity contribution in [2.75, 3.05) is 0 Å². The van der Waals surface area contributed by atoms with Crippen molar-refractivity contribution in [3.05, 3.63) is 34.6 Å². The van der Waals surface area contributed by atoms with Crippen LogP contribution in [0, 0.1) is 17.7 Å². The molecule has 1 nitrogen and oxygen atoms in total. The summed E-state index contributed by atoms with van der Waals surface area (Å²) in [5.41, 5.74) is 1.05. The summed E-state index contributed by atoms with van der Waals surface area (Å²) < 4.78 is 13.0. The molecule has 1 aliphatic carbocycles. The van der Waals surface area contributed by atoms with Gasteiger partial charge in [-0.25, -0.2) is 4.39 Å². The molecule has 0 bridgehead atoms. The number of benzene rings is 1. The average Bonchev–Trinajstić information content (AvgIpc) is 2.32. The van der Waals surface area contributed by atoms with E-state index < -0.39 is 0 Å². The lowest BCUT2D eigenvalue weighted by atomic mass is 9.80. The minimum absolute atomic E-state index is 0.208. The van der Waals surface area contributed by atoms with Gasteiger partial charge in [0.15, 0.2) is 0 Å². The molecule has 0 amide bonds. The van der Waals surface area contributed by atoms with E-state index in [0.717, 1.165) is 18.0 Å². The van der Waals surface area contributed by atoms with E-state index in [0.29, 0.717) is 12.0 Å². The molecule has 2 rings (SSSR count). The molecule has 100 valence electrons. The van der Waals surface area contributed by atoms with Gasteiger partial charge in [-0.2, -0.15) is 0 Å². The van der Waals surface area contributed by atoms with Crippen molar-refractivity contribution in [1.82, 2.24) is 5.32 Å². The molecular weight excluding hydrogens is 249 g/mol. The normalized spacial score (nSPS) is 28.3. The lowest BCUT2D eigenvalue weighted by Crippen LogP contribution is -2.38. The Morgan fingerprint density at radius 1 is 1.33 bits per heavy atom. The number of halogens is 2. The van der Waals surface area contributed by atoms with Crippen LogP contribution < -0.4 is 5.32 Å². The van der Waals surface area contributed by atoms with Gasteiger partial charge in [-0.3, -0.25) is 0 Å². The van der Waals surface area contributed by atoms with E-state index in [9.17, 15) is 4.39 Å². The van der Waals surface area contributed by atoms with Crippen LogP contribution in [0.1, 0.15) is 38.7 Å². The van der Waals surface area contributed by atoms with Crippen LogP contribution in [0.2, 0.25) is 5.02 Å². The van der Waals surface area contributed by atoms with Crippen molar-refractivity contribution >= 4 is 11.6 Å². The third-order valence-corrected chi connectivity index (χ3v) is 4.27. The molecule has 0 radical (unpaired) electrons. The molecule has 3 atom stereocenters. The van der Waals surface area contributed by atoms with Crippen molar-refractivity contribution in [3.63, 3.8) is 0 Å². The average molecular weight is 270 g/mol. The molecule has 0 spiro atoms. The Bertz CT molecular complexity index is 407. The Morgan fingerprint density at radius 2 is 2.11 bits per heavy atom. The fourth-order valence-corrected chi connectivity index (χ4v) is 3.07. The van der Waals surface area contributed by atoms with Gasteiger partial charge in [0, 0.05) is 12.6 Å². The highest BCUT2D eigenvalue weighted by atomic mass is 35.5. The highest BCUT2D eigenvalue weighted by Gasteiger charge is 2.24. The summed E-state index contributed by atoms with van der Waals surface area (Å²) >= 11 is 5.78. The molecular formula is C15H21ClFN. The molecule has 1 aromatic rings. The highest BCUT2D eigenvalue weighted by Crippen LogP contribution is 2.28. The lowest BCUT2D eigenvalue weighted by Gasteiger charge is -2.33. The number of rotatable bonds is 3. The van der Waals surface area contributed by atoms with Gasteiger partial charge in [-0.1, -0.05) is 31.5 Å². The van der Waals surface area contributed by atoms with Crippen LogP contribution >= 0.6 is 11.6 Å². The van der Waals surface area contributed by atoms with Gasteiger partial charge < -0.3 is 5.32 Å². The fourth-order valence-electron chi connectivity index (χ4n) is 2.87. The van der Waals surface area contributed by atoms with Gasteiger partial charge in [0.25, 0.3) is 0 Å². The highest BCUT2D eigenvalue weighted by molar-refractivity contribution is 6.30. The monoisotopic (exact) mass is 269 g/mol. The first-order chi connectivity index (χ1) is 8.56. The Kier molecular flexibility index (Phi) is 4.63. The van der Waals surface area contributed by atoms with Crippen molar-refractivity contribution < 1.29 is 4.39 Å². The zero-order valence-electron chi connectivity index (χ0n) is 11.0. The molecule has 1 fully saturated rings. The number of nitrogens with one attached hydrogen (secondary N) is 1. The van der Waals surface area contributed by atoms with Gasteiger partial charge in [0.1, 0.15) is 5.82 Å². The zero-order chi connectivity index (χ0) is 13.1. The zero-order valence-corrected chi connectivity index (χ0v) is 11.8. The third-order valence-electron chi connectivity index (χ3n) is 3.98. The molecule has 3 heteroatoms. The second-order valence-electron chi connectivity index (χ2n) is 5.63. The summed E-state index contributed by atoms with van der Waals surface area (Å²) in [4.78, 5) is 0. The predicted molar refractivity (Wildman–Crippen MR) is 74.2 cm³/mol. The largest absolute Gasteiger partial charge is 0.310 e. The van der Waals surface area contributed by atoms with Gasteiger partial charge in [0.2, 0.25) is 0 Å². The van der Waals surface area contributed by atoms with Crippen molar-refractivity contribution in [3.8, 4) is 0 Å². The van der Waals surface area contributed by atoms with Gasteiger partial charge in [-0.05, 0) is 48.8 Å². The summed E-state index contributed by atoms with van der Waals surface area (Å²) in [5.74, 6) is 1.21. The van der Waals surface area contributed by atoms with Crippen LogP contribution in [0.5, 0.6) is 0 Å². The van der Waals surface area contributed by atoms with Crippen LogP contribution in [0.25, 0.3) is 0 Å². The Hall–Kier alpha value is -0.600. The number of hydrogen-bond donors (Lipinski definition) is 1. The van der Waals surface area contributed by atoms with Crippen LogP contribution in [-0.4, -0.2) is 6.04 Å². The third kappa shape index (κ3) is 3.46. The molecule has 1 aliphatic rings.